The van der Waals surface area contributed by atoms with E-state index in [1.807, 2.05) is 0 Å². The first kappa shape index (κ1) is 13.2. The van der Waals surface area contributed by atoms with Crippen molar-refractivity contribution in [1.82, 2.24) is 9.80 Å². The van der Waals surface area contributed by atoms with Gasteiger partial charge in [0.2, 0.25) is 0 Å². The van der Waals surface area contributed by atoms with Crippen LogP contribution in [0.15, 0.2) is 24.3 Å². The number of carbonyl (C=O) groups is 3. The maximum atomic E-state index is 12.1. The molecule has 3 amide bonds. The second-order valence-corrected chi connectivity index (χ2v) is 5.81. The Bertz CT molecular complexity index is 553. The molecule has 0 unspecified atom stereocenters. The summed E-state index contributed by atoms with van der Waals surface area (Å²) in [6.07, 6.45) is 0.623. The lowest BCUT2D eigenvalue weighted by Gasteiger charge is -2.17. The zero-order valence-electron chi connectivity index (χ0n) is 10.9. The number of hydrogen-bond donors (Lipinski definition) is 0. The van der Waals surface area contributed by atoms with Crippen LogP contribution in [0.1, 0.15) is 27.1 Å². The van der Waals surface area contributed by atoms with Gasteiger partial charge >= 0.3 is 0 Å². The highest BCUT2D eigenvalue weighted by atomic mass is 32.2. The molecule has 1 aromatic carbocycles. The molecule has 6 heteroatoms. The molecule has 1 aromatic rings. The van der Waals surface area contributed by atoms with E-state index in [0.717, 1.165) is 12.3 Å². The molecule has 0 saturated carbocycles. The number of thioether (sulfide) groups is 1. The third-order valence-corrected chi connectivity index (χ3v) is 4.42. The summed E-state index contributed by atoms with van der Waals surface area (Å²) in [6.45, 7) is 1.71. The first-order chi connectivity index (χ1) is 9.68. The molecule has 0 radical (unpaired) electrons. The largest absolute Gasteiger partial charge is 0.333 e. The molecule has 0 spiro atoms. The lowest BCUT2D eigenvalue weighted by molar-refractivity contribution is 0.0650. The number of fused-ring (bicyclic) bond motifs is 1. The lowest BCUT2D eigenvalue weighted by atomic mass is 10.1. The Balaban J connectivity index is 1.61. The highest BCUT2D eigenvalue weighted by Crippen LogP contribution is 2.23. The van der Waals surface area contributed by atoms with Gasteiger partial charge in [0.05, 0.1) is 11.1 Å². The summed E-state index contributed by atoms with van der Waals surface area (Å²) in [7, 11) is 0. The summed E-state index contributed by atoms with van der Waals surface area (Å²) in [5.74, 6) is 0.367. The summed E-state index contributed by atoms with van der Waals surface area (Å²) >= 11 is 1.32. The third kappa shape index (κ3) is 2.20. The van der Waals surface area contributed by atoms with E-state index >= 15 is 0 Å². The number of amides is 3. The Morgan fingerprint density at radius 3 is 2.20 bits per heavy atom. The van der Waals surface area contributed by atoms with Crippen LogP contribution in [-0.4, -0.2) is 52.2 Å². The average molecular weight is 290 g/mol. The fourth-order valence-electron chi connectivity index (χ4n) is 2.49. The maximum Gasteiger partial charge on any atom is 0.281 e. The molecule has 0 bridgehead atoms. The van der Waals surface area contributed by atoms with Crippen LogP contribution in [0.25, 0.3) is 0 Å². The predicted molar refractivity (Wildman–Crippen MR) is 75.9 cm³/mol. The van der Waals surface area contributed by atoms with Crippen molar-refractivity contribution in [3.63, 3.8) is 0 Å². The van der Waals surface area contributed by atoms with E-state index in [1.165, 1.54) is 16.7 Å². The minimum Gasteiger partial charge on any atom is -0.333 e. The molecule has 0 aliphatic carbocycles. The van der Waals surface area contributed by atoms with Crippen molar-refractivity contribution < 1.29 is 14.4 Å². The fourth-order valence-corrected chi connectivity index (χ4v) is 3.34. The smallest absolute Gasteiger partial charge is 0.281 e. The summed E-state index contributed by atoms with van der Waals surface area (Å²) in [5, 5.41) is 0.0901. The average Bonchev–Trinajstić information content (AvgIpc) is 2.97. The molecule has 1 fully saturated rings. The van der Waals surface area contributed by atoms with Gasteiger partial charge in [0.25, 0.3) is 17.1 Å². The summed E-state index contributed by atoms with van der Waals surface area (Å²) in [4.78, 5) is 38.7. The zero-order chi connectivity index (χ0) is 14.1. The normalized spacial score (nSPS) is 18.1. The van der Waals surface area contributed by atoms with Gasteiger partial charge in [-0.1, -0.05) is 23.9 Å². The SMILES string of the molecule is O=C1SCCN1CCCN1C(=O)c2ccccc2C1=O. The topological polar surface area (TPSA) is 57.7 Å². The Morgan fingerprint density at radius 1 is 1.00 bits per heavy atom. The van der Waals surface area contributed by atoms with Gasteiger partial charge in [0.1, 0.15) is 0 Å². The minimum atomic E-state index is -0.229. The second kappa shape index (κ2) is 5.28. The van der Waals surface area contributed by atoms with Crippen LogP contribution >= 0.6 is 11.8 Å². The molecule has 20 heavy (non-hydrogen) atoms. The molecule has 2 aliphatic rings. The van der Waals surface area contributed by atoms with E-state index in [4.69, 9.17) is 0 Å². The van der Waals surface area contributed by atoms with Crippen LogP contribution in [-0.2, 0) is 0 Å². The monoisotopic (exact) mass is 290 g/mol. The van der Waals surface area contributed by atoms with E-state index in [-0.39, 0.29) is 17.1 Å². The third-order valence-electron chi connectivity index (χ3n) is 3.53. The number of benzene rings is 1. The molecule has 2 aliphatic heterocycles. The molecular weight excluding hydrogens is 276 g/mol. The highest BCUT2D eigenvalue weighted by molar-refractivity contribution is 8.13. The van der Waals surface area contributed by atoms with Gasteiger partial charge in [0, 0.05) is 25.4 Å². The van der Waals surface area contributed by atoms with Crippen molar-refractivity contribution in [2.45, 2.75) is 6.42 Å². The number of rotatable bonds is 4. The van der Waals surface area contributed by atoms with Crippen LogP contribution in [0.5, 0.6) is 0 Å². The quantitative estimate of drug-likeness (QED) is 0.794. The Hall–Kier alpha value is -1.82. The van der Waals surface area contributed by atoms with Crippen molar-refractivity contribution >= 4 is 28.8 Å². The lowest BCUT2D eigenvalue weighted by Crippen LogP contribution is -2.33. The van der Waals surface area contributed by atoms with Crippen LogP contribution in [0, 0.1) is 0 Å². The summed E-state index contributed by atoms with van der Waals surface area (Å²) < 4.78 is 0. The molecule has 0 aromatic heterocycles. The summed E-state index contributed by atoms with van der Waals surface area (Å²) in [5.41, 5.74) is 0.954. The van der Waals surface area contributed by atoms with Gasteiger partial charge in [-0.2, -0.15) is 0 Å². The first-order valence-electron chi connectivity index (χ1n) is 6.55. The summed E-state index contributed by atoms with van der Waals surface area (Å²) in [6, 6.07) is 6.87. The van der Waals surface area contributed by atoms with Crippen LogP contribution in [0.2, 0.25) is 0 Å². The van der Waals surface area contributed by atoms with Crippen molar-refractivity contribution in [2.75, 3.05) is 25.4 Å². The van der Waals surface area contributed by atoms with Gasteiger partial charge in [-0.25, -0.2) is 0 Å². The van der Waals surface area contributed by atoms with Crippen molar-refractivity contribution in [3.05, 3.63) is 35.4 Å². The highest BCUT2D eigenvalue weighted by Gasteiger charge is 2.34. The zero-order valence-corrected chi connectivity index (χ0v) is 11.7. The maximum absolute atomic E-state index is 12.1. The second-order valence-electron chi connectivity index (χ2n) is 4.76. The van der Waals surface area contributed by atoms with Gasteiger partial charge in [0.15, 0.2) is 0 Å². The van der Waals surface area contributed by atoms with Gasteiger partial charge < -0.3 is 4.90 Å². The Morgan fingerprint density at radius 2 is 1.65 bits per heavy atom. The predicted octanol–water partition coefficient (Wildman–Crippen LogP) is 1.84. The molecule has 0 atom stereocenters. The molecule has 104 valence electrons. The number of nitrogens with zero attached hydrogens (tertiary/aromatic N) is 2. The number of imide groups is 1. The minimum absolute atomic E-state index is 0.0901. The molecule has 2 heterocycles. The number of carbonyl (C=O) groups excluding carboxylic acids is 3. The van der Waals surface area contributed by atoms with Crippen LogP contribution in [0.3, 0.4) is 0 Å². The molecule has 5 nitrogen and oxygen atoms in total. The van der Waals surface area contributed by atoms with Crippen molar-refractivity contribution in [3.8, 4) is 0 Å². The van der Waals surface area contributed by atoms with Crippen LogP contribution < -0.4 is 0 Å². The van der Waals surface area contributed by atoms with E-state index < -0.39 is 0 Å². The van der Waals surface area contributed by atoms with E-state index in [9.17, 15) is 14.4 Å². The molecule has 3 rings (SSSR count). The standard InChI is InChI=1S/C14H14N2O3S/c17-12-10-4-1-2-5-11(10)13(18)16(12)7-3-6-15-8-9-20-14(15)19/h1-2,4-5H,3,6-9H2. The van der Waals surface area contributed by atoms with Gasteiger partial charge in [-0.15, -0.1) is 0 Å². The Kier molecular flexibility index (Phi) is 3.48. The molecule has 1 saturated heterocycles. The Labute approximate surface area is 120 Å². The molecule has 0 N–H and O–H groups in total. The number of hydrogen-bond acceptors (Lipinski definition) is 4. The van der Waals surface area contributed by atoms with Crippen molar-refractivity contribution in [2.24, 2.45) is 0 Å². The van der Waals surface area contributed by atoms with Crippen LogP contribution in [0.4, 0.5) is 4.79 Å². The van der Waals surface area contributed by atoms with E-state index in [1.54, 1.807) is 29.2 Å². The van der Waals surface area contributed by atoms with E-state index in [0.29, 0.717) is 30.6 Å². The fraction of sp³-hybridized carbons (Fsp3) is 0.357. The van der Waals surface area contributed by atoms with Gasteiger partial charge in [-0.05, 0) is 18.6 Å². The van der Waals surface area contributed by atoms with E-state index in [2.05, 4.69) is 0 Å². The first-order valence-corrected chi connectivity index (χ1v) is 7.54. The molecular formula is C14H14N2O3S. The van der Waals surface area contributed by atoms with Gasteiger partial charge in [-0.3, -0.25) is 19.3 Å². The van der Waals surface area contributed by atoms with Crippen molar-refractivity contribution in [1.29, 1.82) is 0 Å².